The first kappa shape index (κ1) is 10.6. The lowest BCUT2D eigenvalue weighted by Gasteiger charge is -2.09. The summed E-state index contributed by atoms with van der Waals surface area (Å²) in [6.07, 6.45) is 0. The number of aromatic nitrogens is 1. The minimum atomic E-state index is 0.377. The van der Waals surface area contributed by atoms with Crippen LogP contribution in [-0.4, -0.2) is 17.6 Å². The fraction of sp³-hybridized carbons (Fsp3) is 0.667. The monoisotopic (exact) mass is 199 g/mol. The average Bonchev–Trinajstić information content (AvgIpc) is 2.41. The lowest BCUT2D eigenvalue weighted by molar-refractivity contribution is 0.558. The maximum Gasteiger partial charge on any atom is 0.0900 e. The van der Waals surface area contributed by atoms with Gasteiger partial charge in [0.25, 0.3) is 0 Å². The Hall–Kier alpha value is -0.450. The smallest absolute Gasteiger partial charge is 0.0900 e. The minimum absolute atomic E-state index is 0.377. The van der Waals surface area contributed by atoms with Crippen molar-refractivity contribution >= 4 is 11.3 Å². The number of hydrogen-bond donors (Lipinski definition) is 2. The molecule has 3 nitrogen and oxygen atoms in total. The third-order valence-electron chi connectivity index (χ3n) is 1.96. The van der Waals surface area contributed by atoms with Crippen molar-refractivity contribution in [2.24, 2.45) is 5.73 Å². The standard InChI is InChI=1S/C9H17N3S/c1-6(4-10)11-5-9-7(2)12-8(3)13-9/h6,11H,4-5,10H2,1-3H3/t6-/m1/s1. The first-order valence-corrected chi connectivity index (χ1v) is 5.31. The lowest BCUT2D eigenvalue weighted by Crippen LogP contribution is -2.32. The Morgan fingerprint density at radius 1 is 1.54 bits per heavy atom. The van der Waals surface area contributed by atoms with Gasteiger partial charge in [-0.05, 0) is 20.8 Å². The van der Waals surface area contributed by atoms with E-state index in [9.17, 15) is 0 Å². The van der Waals surface area contributed by atoms with Crippen molar-refractivity contribution in [3.8, 4) is 0 Å². The molecule has 0 fully saturated rings. The van der Waals surface area contributed by atoms with Crippen LogP contribution in [0.3, 0.4) is 0 Å². The van der Waals surface area contributed by atoms with Crippen LogP contribution >= 0.6 is 11.3 Å². The Balaban J connectivity index is 2.49. The van der Waals surface area contributed by atoms with Gasteiger partial charge in [-0.3, -0.25) is 0 Å². The van der Waals surface area contributed by atoms with Gasteiger partial charge in [-0.1, -0.05) is 0 Å². The predicted octanol–water partition coefficient (Wildman–Crippen LogP) is 1.20. The molecular weight excluding hydrogens is 182 g/mol. The molecule has 0 aromatic carbocycles. The van der Waals surface area contributed by atoms with Crippen LogP contribution in [0.1, 0.15) is 22.5 Å². The summed E-state index contributed by atoms with van der Waals surface area (Å²) < 4.78 is 0. The first-order valence-electron chi connectivity index (χ1n) is 4.50. The van der Waals surface area contributed by atoms with E-state index in [0.717, 1.165) is 17.2 Å². The number of rotatable bonds is 4. The van der Waals surface area contributed by atoms with Crippen LogP contribution in [0.15, 0.2) is 0 Å². The molecule has 1 rings (SSSR count). The summed E-state index contributed by atoms with van der Waals surface area (Å²) in [6, 6.07) is 0.377. The molecule has 0 spiro atoms. The van der Waals surface area contributed by atoms with Crippen LogP contribution in [-0.2, 0) is 6.54 Å². The quantitative estimate of drug-likeness (QED) is 0.766. The summed E-state index contributed by atoms with van der Waals surface area (Å²) in [7, 11) is 0. The van der Waals surface area contributed by atoms with Crippen molar-refractivity contribution < 1.29 is 0 Å². The Kier molecular flexibility index (Phi) is 3.84. The second-order valence-electron chi connectivity index (χ2n) is 3.26. The Bertz CT molecular complexity index is 270. The molecule has 4 heteroatoms. The number of nitrogens with zero attached hydrogens (tertiary/aromatic N) is 1. The fourth-order valence-electron chi connectivity index (χ4n) is 1.09. The van der Waals surface area contributed by atoms with E-state index in [1.807, 2.05) is 13.8 Å². The van der Waals surface area contributed by atoms with Crippen molar-refractivity contribution in [2.45, 2.75) is 33.4 Å². The number of thiazole rings is 1. The highest BCUT2D eigenvalue weighted by atomic mass is 32.1. The summed E-state index contributed by atoms with van der Waals surface area (Å²) in [5, 5.41) is 4.48. The molecule has 13 heavy (non-hydrogen) atoms. The van der Waals surface area contributed by atoms with Gasteiger partial charge in [0, 0.05) is 24.0 Å². The van der Waals surface area contributed by atoms with E-state index >= 15 is 0 Å². The summed E-state index contributed by atoms with van der Waals surface area (Å²) in [4.78, 5) is 5.68. The molecule has 74 valence electrons. The topological polar surface area (TPSA) is 50.9 Å². The molecule has 0 bridgehead atoms. The summed E-state index contributed by atoms with van der Waals surface area (Å²) in [5.41, 5.74) is 6.64. The van der Waals surface area contributed by atoms with Gasteiger partial charge < -0.3 is 11.1 Å². The zero-order valence-corrected chi connectivity index (χ0v) is 9.24. The van der Waals surface area contributed by atoms with Gasteiger partial charge in [0.2, 0.25) is 0 Å². The molecule has 1 heterocycles. The largest absolute Gasteiger partial charge is 0.329 e. The first-order chi connectivity index (χ1) is 6.13. The molecule has 1 aromatic rings. The molecule has 3 N–H and O–H groups in total. The number of nitrogens with one attached hydrogen (secondary N) is 1. The van der Waals surface area contributed by atoms with Gasteiger partial charge in [-0.2, -0.15) is 0 Å². The Morgan fingerprint density at radius 3 is 2.69 bits per heavy atom. The van der Waals surface area contributed by atoms with Gasteiger partial charge in [-0.25, -0.2) is 4.98 Å². The van der Waals surface area contributed by atoms with Gasteiger partial charge in [0.15, 0.2) is 0 Å². The highest BCUT2D eigenvalue weighted by molar-refractivity contribution is 7.11. The van der Waals surface area contributed by atoms with Crippen LogP contribution in [0.4, 0.5) is 0 Å². The van der Waals surface area contributed by atoms with Crippen LogP contribution in [0.2, 0.25) is 0 Å². The van der Waals surface area contributed by atoms with Gasteiger partial charge in [-0.15, -0.1) is 11.3 Å². The molecule has 1 aromatic heterocycles. The van der Waals surface area contributed by atoms with Crippen molar-refractivity contribution in [3.05, 3.63) is 15.6 Å². The SMILES string of the molecule is Cc1nc(C)c(CN[C@H](C)CN)s1. The third kappa shape index (κ3) is 3.06. The van der Waals surface area contributed by atoms with Crippen molar-refractivity contribution in [1.29, 1.82) is 0 Å². The van der Waals surface area contributed by atoms with Gasteiger partial charge in [0.1, 0.15) is 0 Å². The van der Waals surface area contributed by atoms with Gasteiger partial charge >= 0.3 is 0 Å². The second-order valence-corrected chi connectivity index (χ2v) is 4.55. The average molecular weight is 199 g/mol. The van der Waals surface area contributed by atoms with Gasteiger partial charge in [0.05, 0.1) is 10.7 Å². The number of nitrogens with two attached hydrogens (primary N) is 1. The number of hydrogen-bond acceptors (Lipinski definition) is 4. The van der Waals surface area contributed by atoms with E-state index in [2.05, 4.69) is 17.2 Å². The number of aryl methyl sites for hydroxylation is 2. The van der Waals surface area contributed by atoms with Crippen LogP contribution < -0.4 is 11.1 Å². The maximum absolute atomic E-state index is 5.50. The summed E-state index contributed by atoms with van der Waals surface area (Å²) >= 11 is 1.75. The fourth-order valence-corrected chi connectivity index (χ4v) is 1.98. The summed E-state index contributed by atoms with van der Waals surface area (Å²) in [5.74, 6) is 0. The molecule has 1 atom stereocenters. The van der Waals surface area contributed by atoms with E-state index in [1.165, 1.54) is 4.88 Å². The Labute approximate surface area is 83.4 Å². The maximum atomic E-state index is 5.50. The third-order valence-corrected chi connectivity index (χ3v) is 3.04. The molecule has 0 amide bonds. The zero-order chi connectivity index (χ0) is 9.84. The normalized spacial score (nSPS) is 13.2. The van der Waals surface area contributed by atoms with Crippen molar-refractivity contribution in [1.82, 2.24) is 10.3 Å². The highest BCUT2D eigenvalue weighted by Gasteiger charge is 2.05. The molecule has 0 unspecified atom stereocenters. The highest BCUT2D eigenvalue weighted by Crippen LogP contribution is 2.16. The zero-order valence-electron chi connectivity index (χ0n) is 8.42. The molecule has 0 aliphatic heterocycles. The second kappa shape index (κ2) is 4.69. The van der Waals surface area contributed by atoms with E-state index in [1.54, 1.807) is 11.3 Å². The summed E-state index contributed by atoms with van der Waals surface area (Å²) in [6.45, 7) is 7.73. The molecule has 0 radical (unpaired) electrons. The van der Waals surface area contributed by atoms with Crippen molar-refractivity contribution in [2.75, 3.05) is 6.54 Å². The van der Waals surface area contributed by atoms with E-state index in [-0.39, 0.29) is 0 Å². The predicted molar refractivity (Wildman–Crippen MR) is 56.9 cm³/mol. The van der Waals surface area contributed by atoms with E-state index in [0.29, 0.717) is 12.6 Å². The molecule has 0 aliphatic rings. The molecule has 0 saturated carbocycles. The van der Waals surface area contributed by atoms with Crippen LogP contribution in [0.25, 0.3) is 0 Å². The van der Waals surface area contributed by atoms with Crippen LogP contribution in [0.5, 0.6) is 0 Å². The lowest BCUT2D eigenvalue weighted by atomic mass is 10.3. The van der Waals surface area contributed by atoms with E-state index < -0.39 is 0 Å². The minimum Gasteiger partial charge on any atom is -0.329 e. The van der Waals surface area contributed by atoms with E-state index in [4.69, 9.17) is 5.73 Å². The molecular formula is C9H17N3S. The van der Waals surface area contributed by atoms with Crippen molar-refractivity contribution in [3.63, 3.8) is 0 Å². The van der Waals surface area contributed by atoms with Crippen LogP contribution in [0, 0.1) is 13.8 Å². The molecule has 0 saturated heterocycles. The Morgan fingerprint density at radius 2 is 2.23 bits per heavy atom. The molecule has 0 aliphatic carbocycles.